The number of nitrogens with one attached hydrogen (secondary N) is 1. The molecule has 0 aromatic carbocycles. The Hall–Kier alpha value is -1.66. The molecule has 0 aliphatic carbocycles. The average Bonchev–Trinajstić information content (AvgIpc) is 2.55. The van der Waals surface area contributed by atoms with E-state index in [0.717, 1.165) is 18.7 Å². The Morgan fingerprint density at radius 3 is 2.88 bits per heavy atom. The van der Waals surface area contributed by atoms with Gasteiger partial charge in [0.2, 0.25) is 0 Å². The third-order valence-electron chi connectivity index (χ3n) is 4.16. The molecule has 1 aromatic rings. The first kappa shape index (κ1) is 19.7. The number of amides is 1. The van der Waals surface area contributed by atoms with E-state index in [2.05, 4.69) is 23.3 Å². The number of hydrogen-bond acceptors (Lipinski definition) is 5. The van der Waals surface area contributed by atoms with Gasteiger partial charge in [-0.25, -0.2) is 4.79 Å². The minimum Gasteiger partial charge on any atom is -0.444 e. The minimum absolute atomic E-state index is 0.0302. The van der Waals surface area contributed by atoms with E-state index in [0.29, 0.717) is 19.7 Å². The van der Waals surface area contributed by atoms with Crippen LogP contribution in [0.4, 0.5) is 4.79 Å². The zero-order valence-corrected chi connectivity index (χ0v) is 16.0. The largest absolute Gasteiger partial charge is 0.444 e. The number of hydrogen-bond donors (Lipinski definition) is 1. The van der Waals surface area contributed by atoms with Crippen molar-refractivity contribution in [3.63, 3.8) is 0 Å². The van der Waals surface area contributed by atoms with Crippen LogP contribution in [0, 0.1) is 6.92 Å². The number of aromatic nitrogens is 1. The molecule has 1 N–H and O–H groups in total. The molecule has 25 heavy (non-hydrogen) atoms. The second kappa shape index (κ2) is 8.63. The van der Waals surface area contributed by atoms with Crippen LogP contribution < -0.4 is 5.32 Å². The van der Waals surface area contributed by atoms with E-state index in [-0.39, 0.29) is 18.2 Å². The molecule has 140 valence electrons. The standard InChI is InChI=1S/C19H31N3O3/c1-14-6-7-16(12-21-14)8-9-20-15(2)17-13-22(10-11-24-17)18(23)25-19(3,4)5/h6-7,12,15,17,20H,8-11,13H2,1-5H3/t15-,17+/m1/s1. The fourth-order valence-electron chi connectivity index (χ4n) is 2.69. The van der Waals surface area contributed by atoms with Gasteiger partial charge in [-0.2, -0.15) is 0 Å². The molecular weight excluding hydrogens is 318 g/mol. The summed E-state index contributed by atoms with van der Waals surface area (Å²) in [7, 11) is 0. The number of carbonyl (C=O) groups is 1. The van der Waals surface area contributed by atoms with Crippen LogP contribution in [0.1, 0.15) is 39.0 Å². The van der Waals surface area contributed by atoms with Crippen molar-refractivity contribution >= 4 is 6.09 Å². The highest BCUT2D eigenvalue weighted by atomic mass is 16.6. The number of nitrogens with zero attached hydrogens (tertiary/aromatic N) is 2. The lowest BCUT2D eigenvalue weighted by atomic mass is 10.1. The molecule has 0 saturated carbocycles. The first-order chi connectivity index (χ1) is 11.7. The molecule has 0 radical (unpaired) electrons. The number of aryl methyl sites for hydroxylation is 1. The van der Waals surface area contributed by atoms with E-state index in [1.54, 1.807) is 4.90 Å². The number of morpholine rings is 1. The summed E-state index contributed by atoms with van der Waals surface area (Å²) < 4.78 is 11.3. The van der Waals surface area contributed by atoms with Crippen molar-refractivity contribution in [1.82, 2.24) is 15.2 Å². The molecule has 1 amide bonds. The van der Waals surface area contributed by atoms with Crippen LogP contribution >= 0.6 is 0 Å². The van der Waals surface area contributed by atoms with Gasteiger partial charge in [0.25, 0.3) is 0 Å². The normalized spacial score (nSPS) is 19.6. The quantitative estimate of drug-likeness (QED) is 0.885. The molecule has 2 heterocycles. The van der Waals surface area contributed by atoms with Crippen molar-refractivity contribution in [2.75, 3.05) is 26.2 Å². The summed E-state index contributed by atoms with van der Waals surface area (Å²) in [4.78, 5) is 18.3. The molecule has 6 heteroatoms. The first-order valence-electron chi connectivity index (χ1n) is 8.99. The molecule has 6 nitrogen and oxygen atoms in total. The summed E-state index contributed by atoms with van der Waals surface area (Å²) >= 11 is 0. The minimum atomic E-state index is -0.475. The zero-order valence-electron chi connectivity index (χ0n) is 16.0. The number of pyridine rings is 1. The van der Waals surface area contributed by atoms with Gasteiger partial charge in [0.15, 0.2) is 0 Å². The van der Waals surface area contributed by atoms with Gasteiger partial charge in [-0.3, -0.25) is 4.98 Å². The predicted octanol–water partition coefficient (Wildman–Crippen LogP) is 2.55. The van der Waals surface area contributed by atoms with Crippen LogP contribution in [0.25, 0.3) is 0 Å². The molecule has 0 bridgehead atoms. The van der Waals surface area contributed by atoms with Crippen molar-refractivity contribution in [2.45, 2.75) is 58.8 Å². The molecule has 1 aliphatic rings. The lowest BCUT2D eigenvalue weighted by molar-refractivity contribution is -0.0524. The van der Waals surface area contributed by atoms with Gasteiger partial charge in [0, 0.05) is 24.5 Å². The van der Waals surface area contributed by atoms with Crippen LogP contribution in [0.3, 0.4) is 0 Å². The van der Waals surface area contributed by atoms with Crippen LogP contribution in [0.2, 0.25) is 0 Å². The van der Waals surface area contributed by atoms with E-state index in [9.17, 15) is 4.79 Å². The highest BCUT2D eigenvalue weighted by Gasteiger charge is 2.30. The monoisotopic (exact) mass is 349 g/mol. The maximum Gasteiger partial charge on any atom is 0.410 e. The van der Waals surface area contributed by atoms with E-state index in [1.807, 2.05) is 40.0 Å². The van der Waals surface area contributed by atoms with Crippen LogP contribution in [0.15, 0.2) is 18.3 Å². The summed E-state index contributed by atoms with van der Waals surface area (Å²) in [6, 6.07) is 4.29. The first-order valence-corrected chi connectivity index (χ1v) is 8.99. The fourth-order valence-corrected chi connectivity index (χ4v) is 2.69. The molecule has 1 saturated heterocycles. The van der Waals surface area contributed by atoms with E-state index in [1.165, 1.54) is 5.56 Å². The van der Waals surface area contributed by atoms with Crippen molar-refractivity contribution in [1.29, 1.82) is 0 Å². The number of rotatable bonds is 5. The molecule has 1 aliphatic heterocycles. The Balaban J connectivity index is 1.77. The van der Waals surface area contributed by atoms with Gasteiger partial charge in [0.1, 0.15) is 5.60 Å². The SMILES string of the molecule is Cc1ccc(CCN[C@H](C)[C@@H]2CN(C(=O)OC(C)(C)C)CCO2)cn1. The van der Waals surface area contributed by atoms with Crippen molar-refractivity contribution in [2.24, 2.45) is 0 Å². The van der Waals surface area contributed by atoms with Crippen molar-refractivity contribution in [3.8, 4) is 0 Å². The van der Waals surface area contributed by atoms with Gasteiger partial charge in [-0.05, 0) is 59.2 Å². The lowest BCUT2D eigenvalue weighted by Gasteiger charge is -2.36. The second-order valence-corrected chi connectivity index (χ2v) is 7.64. The van der Waals surface area contributed by atoms with Crippen LogP contribution in [-0.4, -0.2) is 60.0 Å². The fraction of sp³-hybridized carbons (Fsp3) is 0.684. The molecule has 0 unspecified atom stereocenters. The number of carbonyl (C=O) groups excluding carboxylic acids is 1. The second-order valence-electron chi connectivity index (χ2n) is 7.64. The smallest absolute Gasteiger partial charge is 0.410 e. The maximum atomic E-state index is 12.2. The van der Waals surface area contributed by atoms with Crippen LogP contribution in [0.5, 0.6) is 0 Å². The van der Waals surface area contributed by atoms with E-state index in [4.69, 9.17) is 9.47 Å². The topological polar surface area (TPSA) is 63.7 Å². The molecule has 1 aromatic heterocycles. The molecule has 2 atom stereocenters. The zero-order chi connectivity index (χ0) is 18.4. The summed E-state index contributed by atoms with van der Waals surface area (Å²) in [5.41, 5.74) is 1.77. The van der Waals surface area contributed by atoms with Gasteiger partial charge in [0.05, 0.1) is 19.3 Å². The summed E-state index contributed by atoms with van der Waals surface area (Å²) in [5, 5.41) is 3.49. The van der Waals surface area contributed by atoms with Gasteiger partial charge >= 0.3 is 6.09 Å². The Bertz CT molecular complexity index is 554. The van der Waals surface area contributed by atoms with E-state index >= 15 is 0 Å². The van der Waals surface area contributed by atoms with Crippen molar-refractivity contribution < 1.29 is 14.3 Å². The Kier molecular flexibility index (Phi) is 6.79. The van der Waals surface area contributed by atoms with Gasteiger partial charge < -0.3 is 19.7 Å². The molecule has 1 fully saturated rings. The summed E-state index contributed by atoms with van der Waals surface area (Å²) in [6.45, 7) is 12.2. The van der Waals surface area contributed by atoms with Crippen molar-refractivity contribution in [3.05, 3.63) is 29.6 Å². The predicted molar refractivity (Wildman–Crippen MR) is 97.7 cm³/mol. The highest BCUT2D eigenvalue weighted by Crippen LogP contribution is 2.14. The average molecular weight is 349 g/mol. The van der Waals surface area contributed by atoms with E-state index < -0.39 is 5.60 Å². The Morgan fingerprint density at radius 1 is 1.48 bits per heavy atom. The Labute approximate surface area is 150 Å². The lowest BCUT2D eigenvalue weighted by Crippen LogP contribution is -2.53. The third kappa shape index (κ3) is 6.63. The summed E-state index contributed by atoms with van der Waals surface area (Å²) in [5.74, 6) is 0. The molecule has 2 rings (SSSR count). The molecular formula is C19H31N3O3. The number of ether oxygens (including phenoxy) is 2. The van der Waals surface area contributed by atoms with Gasteiger partial charge in [-0.15, -0.1) is 0 Å². The Morgan fingerprint density at radius 2 is 2.24 bits per heavy atom. The molecule has 0 spiro atoms. The maximum absolute atomic E-state index is 12.2. The van der Waals surface area contributed by atoms with Gasteiger partial charge in [-0.1, -0.05) is 6.07 Å². The summed E-state index contributed by atoms with van der Waals surface area (Å²) in [6.07, 6.45) is 2.54. The highest BCUT2D eigenvalue weighted by molar-refractivity contribution is 5.68. The third-order valence-corrected chi connectivity index (χ3v) is 4.16. The van der Waals surface area contributed by atoms with Crippen LogP contribution in [-0.2, 0) is 15.9 Å².